The Balaban J connectivity index is 1.60. The zero-order valence-corrected chi connectivity index (χ0v) is 14.9. The van der Waals surface area contributed by atoms with Crippen LogP contribution in [0.4, 0.5) is 5.69 Å². The average Bonchev–Trinajstić information content (AvgIpc) is 2.93. The fraction of sp³-hybridized carbons (Fsp3) is 0.211. The van der Waals surface area contributed by atoms with Gasteiger partial charge in [0.1, 0.15) is 0 Å². The molecule has 1 N–H and O–H groups in total. The first-order valence-electron chi connectivity index (χ1n) is 8.06. The average molecular weight is 355 g/mol. The number of benzene rings is 1. The van der Waals surface area contributed by atoms with E-state index in [9.17, 15) is 4.79 Å². The van der Waals surface area contributed by atoms with E-state index in [2.05, 4.69) is 15.4 Å². The molecule has 0 aliphatic rings. The van der Waals surface area contributed by atoms with Crippen LogP contribution in [0.1, 0.15) is 23.4 Å². The minimum absolute atomic E-state index is 0.0689. The van der Waals surface area contributed by atoms with Crippen molar-refractivity contribution in [2.24, 2.45) is 0 Å². The number of hydrogen-bond donors (Lipinski definition) is 1. The van der Waals surface area contributed by atoms with E-state index in [0.29, 0.717) is 23.6 Å². The number of nitrogens with zero attached hydrogens (tertiary/aromatic N) is 3. The molecule has 128 valence electrons. The molecule has 6 heteroatoms. The second-order valence-corrected chi connectivity index (χ2v) is 6.29. The van der Waals surface area contributed by atoms with Crippen LogP contribution in [-0.2, 0) is 11.2 Å². The molecule has 2 aromatic heterocycles. The van der Waals surface area contributed by atoms with Gasteiger partial charge in [0, 0.05) is 17.1 Å². The highest BCUT2D eigenvalue weighted by Gasteiger charge is 2.08. The number of aryl methyl sites for hydroxylation is 3. The summed E-state index contributed by atoms with van der Waals surface area (Å²) >= 11 is 6.11. The number of rotatable bonds is 5. The molecule has 3 rings (SSSR count). The van der Waals surface area contributed by atoms with Crippen molar-refractivity contribution < 1.29 is 4.79 Å². The molecule has 0 bridgehead atoms. The minimum Gasteiger partial charge on any atom is -0.325 e. The number of hydrogen-bond acceptors (Lipinski definition) is 3. The Labute approximate surface area is 151 Å². The van der Waals surface area contributed by atoms with Crippen LogP contribution in [0.25, 0.3) is 5.82 Å². The van der Waals surface area contributed by atoms with Gasteiger partial charge in [-0.15, -0.1) is 0 Å². The van der Waals surface area contributed by atoms with Crippen LogP contribution in [0.3, 0.4) is 0 Å². The summed E-state index contributed by atoms with van der Waals surface area (Å²) in [6.07, 6.45) is 2.60. The van der Waals surface area contributed by atoms with Gasteiger partial charge in [0.2, 0.25) is 5.91 Å². The maximum atomic E-state index is 12.1. The number of anilines is 1. The van der Waals surface area contributed by atoms with E-state index >= 15 is 0 Å². The Morgan fingerprint density at radius 2 is 2.00 bits per heavy atom. The van der Waals surface area contributed by atoms with Crippen molar-refractivity contribution >= 4 is 23.2 Å². The molecule has 25 heavy (non-hydrogen) atoms. The number of carbonyl (C=O) groups is 1. The van der Waals surface area contributed by atoms with E-state index in [-0.39, 0.29) is 5.91 Å². The first-order chi connectivity index (χ1) is 12.0. The Morgan fingerprint density at radius 1 is 1.20 bits per heavy atom. The van der Waals surface area contributed by atoms with E-state index in [0.717, 1.165) is 22.8 Å². The summed E-state index contributed by atoms with van der Waals surface area (Å²) in [7, 11) is 0. The highest BCUT2D eigenvalue weighted by molar-refractivity contribution is 6.31. The van der Waals surface area contributed by atoms with Crippen LogP contribution < -0.4 is 5.32 Å². The quantitative estimate of drug-likeness (QED) is 0.750. The maximum absolute atomic E-state index is 12.1. The van der Waals surface area contributed by atoms with Gasteiger partial charge in [-0.3, -0.25) is 4.79 Å². The molecule has 0 saturated heterocycles. The van der Waals surface area contributed by atoms with Crippen LogP contribution >= 0.6 is 11.6 Å². The molecular weight excluding hydrogens is 336 g/mol. The third-order valence-electron chi connectivity index (χ3n) is 3.84. The Morgan fingerprint density at radius 3 is 2.64 bits per heavy atom. The summed E-state index contributed by atoms with van der Waals surface area (Å²) in [4.78, 5) is 16.5. The summed E-state index contributed by atoms with van der Waals surface area (Å²) in [5.74, 6) is 0.653. The van der Waals surface area contributed by atoms with Gasteiger partial charge in [0.25, 0.3) is 0 Å². The van der Waals surface area contributed by atoms with Gasteiger partial charge in [0.15, 0.2) is 5.82 Å². The van der Waals surface area contributed by atoms with Crippen molar-refractivity contribution in [1.82, 2.24) is 14.8 Å². The topological polar surface area (TPSA) is 59.8 Å². The summed E-state index contributed by atoms with van der Waals surface area (Å²) in [6.45, 7) is 3.92. The SMILES string of the molecule is Cc1cc(C)n(-c2ccc(NC(=O)CCc3ccccc3Cl)cn2)n1. The number of halogens is 1. The zero-order valence-electron chi connectivity index (χ0n) is 14.2. The van der Waals surface area contributed by atoms with E-state index < -0.39 is 0 Å². The number of nitrogens with one attached hydrogen (secondary N) is 1. The summed E-state index contributed by atoms with van der Waals surface area (Å²) in [5.41, 5.74) is 3.59. The predicted octanol–water partition coefficient (Wildman–Crippen LogP) is 4.11. The molecule has 1 amide bonds. The van der Waals surface area contributed by atoms with Crippen molar-refractivity contribution in [2.45, 2.75) is 26.7 Å². The molecule has 0 fully saturated rings. The van der Waals surface area contributed by atoms with E-state index in [4.69, 9.17) is 11.6 Å². The highest BCUT2D eigenvalue weighted by atomic mass is 35.5. The van der Waals surface area contributed by atoms with Gasteiger partial charge in [-0.05, 0) is 50.1 Å². The third kappa shape index (κ3) is 4.25. The Bertz CT molecular complexity index is 887. The largest absolute Gasteiger partial charge is 0.325 e. The summed E-state index contributed by atoms with van der Waals surface area (Å²) in [5, 5.41) is 7.94. The fourth-order valence-electron chi connectivity index (χ4n) is 2.62. The van der Waals surface area contributed by atoms with Gasteiger partial charge >= 0.3 is 0 Å². The van der Waals surface area contributed by atoms with Crippen LogP contribution in [0.5, 0.6) is 0 Å². The molecule has 3 aromatic rings. The van der Waals surface area contributed by atoms with Gasteiger partial charge < -0.3 is 5.32 Å². The third-order valence-corrected chi connectivity index (χ3v) is 4.21. The highest BCUT2D eigenvalue weighted by Crippen LogP contribution is 2.17. The molecule has 0 aliphatic heterocycles. The Kier molecular flexibility index (Phi) is 5.14. The second-order valence-electron chi connectivity index (χ2n) is 5.88. The van der Waals surface area contributed by atoms with Crippen LogP contribution in [-0.4, -0.2) is 20.7 Å². The predicted molar refractivity (Wildman–Crippen MR) is 99.2 cm³/mol. The van der Waals surface area contributed by atoms with Crippen molar-refractivity contribution in [1.29, 1.82) is 0 Å². The normalized spacial score (nSPS) is 10.7. The zero-order chi connectivity index (χ0) is 17.8. The van der Waals surface area contributed by atoms with Crippen molar-refractivity contribution in [3.63, 3.8) is 0 Å². The molecule has 0 saturated carbocycles. The van der Waals surface area contributed by atoms with Gasteiger partial charge in [-0.1, -0.05) is 29.8 Å². The monoisotopic (exact) mass is 354 g/mol. The lowest BCUT2D eigenvalue weighted by atomic mass is 10.1. The van der Waals surface area contributed by atoms with Gasteiger partial charge in [-0.2, -0.15) is 5.10 Å². The molecule has 5 nitrogen and oxygen atoms in total. The Hall–Kier alpha value is -2.66. The molecule has 0 aliphatic carbocycles. The van der Waals surface area contributed by atoms with E-state index in [1.807, 2.05) is 56.3 Å². The molecule has 0 radical (unpaired) electrons. The van der Waals surface area contributed by atoms with Crippen LogP contribution in [0, 0.1) is 13.8 Å². The molecule has 1 aromatic carbocycles. The number of aromatic nitrogens is 3. The molecule has 2 heterocycles. The van der Waals surface area contributed by atoms with E-state index in [1.165, 1.54) is 0 Å². The van der Waals surface area contributed by atoms with Crippen molar-refractivity contribution in [2.75, 3.05) is 5.32 Å². The van der Waals surface area contributed by atoms with Crippen molar-refractivity contribution in [3.8, 4) is 5.82 Å². The number of carbonyl (C=O) groups excluding carboxylic acids is 1. The summed E-state index contributed by atoms with van der Waals surface area (Å²) < 4.78 is 1.78. The maximum Gasteiger partial charge on any atom is 0.224 e. The van der Waals surface area contributed by atoms with Gasteiger partial charge in [-0.25, -0.2) is 9.67 Å². The van der Waals surface area contributed by atoms with Crippen LogP contribution in [0.2, 0.25) is 5.02 Å². The molecule has 0 unspecified atom stereocenters. The van der Waals surface area contributed by atoms with Crippen LogP contribution in [0.15, 0.2) is 48.7 Å². The lowest BCUT2D eigenvalue weighted by molar-refractivity contribution is -0.116. The first kappa shape index (κ1) is 17.2. The fourth-order valence-corrected chi connectivity index (χ4v) is 2.85. The smallest absolute Gasteiger partial charge is 0.224 e. The van der Waals surface area contributed by atoms with E-state index in [1.54, 1.807) is 10.9 Å². The molecule has 0 spiro atoms. The number of amides is 1. The standard InChI is InChI=1S/C19H19ClN4O/c1-13-11-14(2)24(23-13)18-9-8-16(12-21-18)22-19(25)10-7-15-5-3-4-6-17(15)20/h3-6,8-9,11-12H,7,10H2,1-2H3,(H,22,25). The van der Waals surface area contributed by atoms with Gasteiger partial charge in [0.05, 0.1) is 17.6 Å². The lowest BCUT2D eigenvalue weighted by Gasteiger charge is -2.08. The minimum atomic E-state index is -0.0689. The molecule has 0 atom stereocenters. The van der Waals surface area contributed by atoms with Crippen molar-refractivity contribution in [3.05, 3.63) is 70.6 Å². The second kappa shape index (κ2) is 7.49. The number of pyridine rings is 1. The summed E-state index contributed by atoms with van der Waals surface area (Å²) in [6, 6.07) is 13.2. The first-order valence-corrected chi connectivity index (χ1v) is 8.43. The lowest BCUT2D eigenvalue weighted by Crippen LogP contribution is -2.13. The molecular formula is C19H19ClN4O.